The van der Waals surface area contributed by atoms with Crippen LogP contribution in [0.5, 0.6) is 0 Å². The number of ether oxygens (including phenoxy) is 3. The van der Waals surface area contributed by atoms with Gasteiger partial charge < -0.3 is 44.6 Å². The minimum absolute atomic E-state index is 0.0959. The Morgan fingerprint density at radius 3 is 2.16 bits per heavy atom. The summed E-state index contributed by atoms with van der Waals surface area (Å²) in [4.78, 5) is 69.3. The zero-order chi connectivity index (χ0) is 49.9. The number of terminal acetylenes is 2. The molecule has 2 bridgehead atoms. The van der Waals surface area contributed by atoms with Gasteiger partial charge in [-0.2, -0.15) is 0 Å². The summed E-state index contributed by atoms with van der Waals surface area (Å²) in [5.41, 5.74) is 5.21. The van der Waals surface area contributed by atoms with Crippen molar-refractivity contribution in [2.24, 2.45) is 11.3 Å². The van der Waals surface area contributed by atoms with Gasteiger partial charge in [-0.25, -0.2) is 19.6 Å². The molecule has 2 aromatic heterocycles. The summed E-state index contributed by atoms with van der Waals surface area (Å²) in [6.45, 7) is 9.11. The number of imidazole rings is 2. The smallest absolute Gasteiger partial charge is 0.407 e. The average molecular weight is 943 g/mol. The molecule has 4 atom stereocenters. The highest BCUT2D eigenvalue weighted by atomic mass is 16.5. The Hall–Kier alpha value is -6.84. The molecule has 0 spiro atoms. The monoisotopic (exact) mass is 943 g/mol. The maximum atomic E-state index is 13.2. The van der Waals surface area contributed by atoms with E-state index in [2.05, 4.69) is 136 Å². The van der Waals surface area contributed by atoms with Gasteiger partial charge in [-0.05, 0) is 97.1 Å². The van der Waals surface area contributed by atoms with Crippen molar-refractivity contribution in [3.63, 3.8) is 0 Å². The summed E-state index contributed by atoms with van der Waals surface area (Å²) in [7, 11) is 2.56. The molecule has 2 saturated carbocycles. The predicted octanol–water partition coefficient (Wildman–Crippen LogP) is 9.07. The van der Waals surface area contributed by atoms with E-state index in [0.29, 0.717) is 24.8 Å². The number of nitrogens with one attached hydrogen (secondary N) is 4. The number of aromatic nitrogens is 4. The van der Waals surface area contributed by atoms with Crippen molar-refractivity contribution in [1.29, 1.82) is 0 Å². The van der Waals surface area contributed by atoms with Crippen LogP contribution in [0.25, 0.3) is 27.6 Å². The van der Waals surface area contributed by atoms with Crippen LogP contribution >= 0.6 is 0 Å². The number of fused-ring (bicyclic) bond motifs is 3. The van der Waals surface area contributed by atoms with E-state index < -0.39 is 12.2 Å². The van der Waals surface area contributed by atoms with E-state index in [9.17, 15) is 19.2 Å². The molecule has 9 rings (SSSR count). The molecule has 4 amide bonds. The molecule has 4 heterocycles. The third-order valence-corrected chi connectivity index (χ3v) is 13.0. The molecule has 0 radical (unpaired) electrons. The number of piperidine rings is 1. The second kappa shape index (κ2) is 26.1. The number of amides is 4. The number of carbonyl (C=O) groups excluding carboxylic acids is 4. The molecule has 4 aromatic rings. The average Bonchev–Trinajstić information content (AvgIpc) is 3.95. The quantitative estimate of drug-likeness (QED) is 0.101. The zero-order valence-corrected chi connectivity index (χ0v) is 40.9. The molecular weight excluding hydrogens is 873 g/mol. The van der Waals surface area contributed by atoms with Gasteiger partial charge >= 0.3 is 12.2 Å². The van der Waals surface area contributed by atoms with E-state index in [0.717, 1.165) is 90.9 Å². The number of allylic oxidation sites excluding steroid dienone is 4. The van der Waals surface area contributed by atoms with Crippen LogP contribution in [0.1, 0.15) is 120 Å². The van der Waals surface area contributed by atoms with E-state index in [-0.39, 0.29) is 48.3 Å². The summed E-state index contributed by atoms with van der Waals surface area (Å²) in [6, 6.07) is 13.0. The van der Waals surface area contributed by atoms with Gasteiger partial charge in [0.05, 0.1) is 50.6 Å². The highest BCUT2D eigenvalue weighted by Gasteiger charge is 2.49. The number of likely N-dealkylation sites (tertiary alicyclic amines) is 1. The van der Waals surface area contributed by atoms with Gasteiger partial charge in [-0.15, -0.1) is 25.7 Å². The minimum atomic E-state index is -0.634. The standard InChI is InChI=1S/C42H48N8O6.C5H10O.C3H8.2C2H2/c1-42(14-15-42)24-49(36(51)21-45-40(53)55-2)23-35-43-19-34(47-35)30-11-10-28-16-27(8-9-29(28)17-30)25-4-6-26(7-5-25)33-20-44-39(48-33)38-31-12-13-32(18-31)50(38)37(52)22-46-41(54)56-3;1-2-4-6-5-3-1;1-3-2;2*1-2/h4,6-11,16-17,19-20,25,31-32,38H,5,12-15,18,21-24H2,1-3H3,(H,43,47)(H,44,48)(H,45,53)(H,46,54);1-5H2;3H2,1-2H3;2*1-2H/t25?,31-,32+,38-;;;;/m0..../s1. The van der Waals surface area contributed by atoms with Gasteiger partial charge in [-0.3, -0.25) is 9.59 Å². The molecule has 15 heteroatoms. The largest absolute Gasteiger partial charge is 0.453 e. The SMILES string of the molecule is C#C.C#C.C1CCOCC1.CCC.COC(=O)NCC(=O)N(Cc1ncc(-c2ccc3cc(C4C=CC(c5cnc([C@@H]6[C@H]7CC[C@H](C7)N6C(=O)CNC(=O)OC)[nH]5)=CC4)ccc3c2)[nH]1)CC1(C)CC1. The third kappa shape index (κ3) is 14.3. The number of H-pyrrole nitrogens is 2. The van der Waals surface area contributed by atoms with E-state index >= 15 is 0 Å². The van der Waals surface area contributed by atoms with Crippen molar-refractivity contribution in [3.8, 4) is 37.0 Å². The van der Waals surface area contributed by atoms with Crippen LogP contribution in [-0.4, -0.2) is 107 Å². The molecular formula is C54H70N8O7. The van der Waals surface area contributed by atoms with Crippen LogP contribution in [-0.2, 0) is 30.3 Å². The van der Waals surface area contributed by atoms with Crippen molar-refractivity contribution in [1.82, 2.24) is 40.4 Å². The summed E-state index contributed by atoms with van der Waals surface area (Å²) >= 11 is 0. The van der Waals surface area contributed by atoms with Crippen LogP contribution in [0.3, 0.4) is 0 Å². The van der Waals surface area contributed by atoms with E-state index in [1.165, 1.54) is 45.5 Å². The Balaban J connectivity index is 0.000000609. The molecule has 2 aromatic carbocycles. The van der Waals surface area contributed by atoms with Gasteiger partial charge in [0.1, 0.15) is 24.7 Å². The lowest BCUT2D eigenvalue weighted by Crippen LogP contribution is -2.45. The second-order valence-electron chi connectivity index (χ2n) is 18.2. The summed E-state index contributed by atoms with van der Waals surface area (Å²) in [5, 5.41) is 7.29. The molecule has 1 unspecified atom stereocenters. The van der Waals surface area contributed by atoms with Crippen molar-refractivity contribution in [2.75, 3.05) is 47.1 Å². The maximum absolute atomic E-state index is 13.2. The first-order valence-electron chi connectivity index (χ1n) is 24.0. The fourth-order valence-electron chi connectivity index (χ4n) is 9.23. The minimum Gasteiger partial charge on any atom is -0.453 e. The normalized spacial score (nSPS) is 20.1. The van der Waals surface area contributed by atoms with Gasteiger partial charge in [0.2, 0.25) is 11.8 Å². The van der Waals surface area contributed by atoms with Crippen LogP contribution in [0.2, 0.25) is 0 Å². The molecule has 69 heavy (non-hydrogen) atoms. The van der Waals surface area contributed by atoms with Gasteiger partial charge in [0.25, 0.3) is 0 Å². The van der Waals surface area contributed by atoms with E-state index in [1.807, 2.05) is 11.1 Å². The number of methoxy groups -OCH3 is 2. The third-order valence-electron chi connectivity index (χ3n) is 13.0. The highest BCUT2D eigenvalue weighted by Crippen LogP contribution is 2.50. The highest BCUT2D eigenvalue weighted by molar-refractivity contribution is 5.88. The van der Waals surface area contributed by atoms with E-state index in [4.69, 9.17) is 9.72 Å². The number of aromatic amines is 2. The lowest BCUT2D eigenvalue weighted by atomic mass is 9.88. The fourth-order valence-corrected chi connectivity index (χ4v) is 9.23. The number of hydrogen-bond donors (Lipinski definition) is 4. The first-order chi connectivity index (χ1) is 33.5. The number of carbonyl (C=O) groups is 4. The van der Waals surface area contributed by atoms with Crippen LogP contribution in [0.15, 0.2) is 67.0 Å². The van der Waals surface area contributed by atoms with Crippen molar-refractivity contribution in [3.05, 3.63) is 89.9 Å². The Morgan fingerprint density at radius 2 is 1.54 bits per heavy atom. The molecule has 368 valence electrons. The lowest BCUT2D eigenvalue weighted by molar-refractivity contribution is -0.135. The molecule has 4 N–H and O–H groups in total. The van der Waals surface area contributed by atoms with Gasteiger partial charge in [0.15, 0.2) is 0 Å². The summed E-state index contributed by atoms with van der Waals surface area (Å²) in [6.07, 6.45) is 36.2. The predicted molar refractivity (Wildman–Crippen MR) is 269 cm³/mol. The molecule has 3 aliphatic carbocycles. The molecule has 5 aliphatic rings. The number of alkyl carbamates (subject to hydrolysis) is 2. The second-order valence-corrected chi connectivity index (χ2v) is 18.2. The number of hydrogen-bond acceptors (Lipinski definition) is 9. The Morgan fingerprint density at radius 1 is 0.870 bits per heavy atom. The van der Waals surface area contributed by atoms with Gasteiger partial charge in [-0.1, -0.05) is 75.8 Å². The van der Waals surface area contributed by atoms with Crippen molar-refractivity contribution in [2.45, 2.75) is 110 Å². The first-order valence-corrected chi connectivity index (χ1v) is 24.0. The van der Waals surface area contributed by atoms with Crippen LogP contribution in [0, 0.1) is 37.0 Å². The number of rotatable bonds is 12. The zero-order valence-electron chi connectivity index (χ0n) is 40.9. The van der Waals surface area contributed by atoms with Gasteiger partial charge in [0, 0.05) is 37.3 Å². The summed E-state index contributed by atoms with van der Waals surface area (Å²) < 4.78 is 14.3. The van der Waals surface area contributed by atoms with E-state index in [1.54, 1.807) is 11.1 Å². The Bertz CT molecular complexity index is 2420. The first kappa shape index (κ1) is 53.1. The fraction of sp³-hybridized carbons (Fsp3) is 0.481. The molecule has 15 nitrogen and oxygen atoms in total. The molecule has 2 saturated heterocycles. The van der Waals surface area contributed by atoms with Crippen molar-refractivity contribution < 1.29 is 33.4 Å². The Labute approximate surface area is 407 Å². The number of benzene rings is 2. The van der Waals surface area contributed by atoms with Crippen molar-refractivity contribution >= 4 is 40.3 Å². The summed E-state index contributed by atoms with van der Waals surface area (Å²) in [5.74, 6) is 1.75. The topological polar surface area (TPSA) is 184 Å². The maximum Gasteiger partial charge on any atom is 0.407 e. The Kier molecular flexibility index (Phi) is 20.1. The molecule has 4 fully saturated rings. The van der Waals surface area contributed by atoms with Crippen LogP contribution in [0.4, 0.5) is 9.59 Å². The molecule has 2 aliphatic heterocycles. The lowest BCUT2D eigenvalue weighted by Gasteiger charge is -2.34. The van der Waals surface area contributed by atoms with Crippen LogP contribution < -0.4 is 10.6 Å². The number of nitrogens with zero attached hydrogens (tertiary/aromatic N) is 4.